The van der Waals surface area contributed by atoms with Crippen LogP contribution in [0.4, 0.5) is 8.78 Å². The number of ether oxygens (including phenoxy) is 1. The Morgan fingerprint density at radius 3 is 2.65 bits per heavy atom. The second-order valence-corrected chi connectivity index (χ2v) is 4.38. The van der Waals surface area contributed by atoms with Crippen molar-refractivity contribution in [3.63, 3.8) is 0 Å². The van der Waals surface area contributed by atoms with Crippen LogP contribution in [0.2, 0.25) is 0 Å². The smallest absolute Gasteiger partial charge is 0.159 e. The molecule has 2 rings (SSSR count). The van der Waals surface area contributed by atoms with E-state index in [1.165, 1.54) is 6.07 Å². The highest BCUT2D eigenvalue weighted by molar-refractivity contribution is 5.22. The van der Waals surface area contributed by atoms with E-state index in [4.69, 9.17) is 10.6 Å². The number of nitrogens with two attached hydrogens (primary N) is 1. The van der Waals surface area contributed by atoms with Crippen molar-refractivity contribution in [3.05, 3.63) is 35.4 Å². The lowest BCUT2D eigenvalue weighted by Gasteiger charge is -2.23. The summed E-state index contributed by atoms with van der Waals surface area (Å²) in [5, 5.41) is 0. The highest BCUT2D eigenvalue weighted by Crippen LogP contribution is 2.30. The maximum absolute atomic E-state index is 13.2. The van der Waals surface area contributed by atoms with Crippen LogP contribution in [0.1, 0.15) is 31.4 Å². The topological polar surface area (TPSA) is 47.3 Å². The molecule has 0 aliphatic carbocycles. The van der Waals surface area contributed by atoms with Gasteiger partial charge in [-0.2, -0.15) is 0 Å². The summed E-state index contributed by atoms with van der Waals surface area (Å²) in [4.78, 5) is 0. The second kappa shape index (κ2) is 5.08. The molecule has 1 saturated heterocycles. The van der Waals surface area contributed by atoms with Gasteiger partial charge < -0.3 is 4.74 Å². The summed E-state index contributed by atoms with van der Waals surface area (Å²) in [7, 11) is 0. The van der Waals surface area contributed by atoms with E-state index >= 15 is 0 Å². The molecule has 0 bridgehead atoms. The van der Waals surface area contributed by atoms with E-state index in [0.29, 0.717) is 5.56 Å². The Hall–Kier alpha value is -1.04. The molecule has 5 heteroatoms. The molecule has 0 radical (unpaired) electrons. The minimum atomic E-state index is -0.867. The summed E-state index contributed by atoms with van der Waals surface area (Å²) in [6, 6.07) is 3.48. The summed E-state index contributed by atoms with van der Waals surface area (Å²) in [5.74, 6) is 3.75. The highest BCUT2D eigenvalue weighted by atomic mass is 19.2. The molecular weight excluding hydrogens is 226 g/mol. The van der Waals surface area contributed by atoms with Crippen LogP contribution in [0.25, 0.3) is 0 Å². The van der Waals surface area contributed by atoms with E-state index in [9.17, 15) is 8.78 Å². The first kappa shape index (κ1) is 12.4. The Balaban J connectivity index is 2.20. The highest BCUT2D eigenvalue weighted by Gasteiger charge is 2.30. The Labute approximate surface area is 98.9 Å². The lowest BCUT2D eigenvalue weighted by atomic mass is 9.99. The minimum Gasteiger partial charge on any atom is -0.373 e. The van der Waals surface area contributed by atoms with E-state index in [-0.39, 0.29) is 18.2 Å². The molecular formula is C12H16F2N2O. The van der Waals surface area contributed by atoms with E-state index in [2.05, 4.69) is 5.43 Å². The van der Waals surface area contributed by atoms with Crippen molar-refractivity contribution < 1.29 is 13.5 Å². The minimum absolute atomic E-state index is 0.0974. The predicted molar refractivity (Wildman–Crippen MR) is 60.0 cm³/mol. The van der Waals surface area contributed by atoms with Gasteiger partial charge in [0.2, 0.25) is 0 Å². The van der Waals surface area contributed by atoms with Gasteiger partial charge in [0.15, 0.2) is 11.6 Å². The van der Waals surface area contributed by atoms with Gasteiger partial charge in [-0.3, -0.25) is 11.3 Å². The fourth-order valence-corrected chi connectivity index (χ4v) is 2.20. The van der Waals surface area contributed by atoms with E-state index in [0.717, 1.165) is 25.0 Å². The third-order valence-corrected chi connectivity index (χ3v) is 3.12. The van der Waals surface area contributed by atoms with E-state index < -0.39 is 11.6 Å². The summed E-state index contributed by atoms with van der Waals surface area (Å²) in [5.41, 5.74) is 3.22. The van der Waals surface area contributed by atoms with Crippen molar-refractivity contribution in [2.24, 2.45) is 5.84 Å². The molecule has 3 nitrogen and oxygen atoms in total. The summed E-state index contributed by atoms with van der Waals surface area (Å²) >= 11 is 0. The monoisotopic (exact) mass is 242 g/mol. The zero-order valence-electron chi connectivity index (χ0n) is 9.62. The van der Waals surface area contributed by atoms with Gasteiger partial charge in [-0.05, 0) is 37.5 Å². The number of hydrogen-bond donors (Lipinski definition) is 2. The van der Waals surface area contributed by atoms with Gasteiger partial charge >= 0.3 is 0 Å². The average Bonchev–Trinajstić information content (AvgIpc) is 2.71. The summed E-state index contributed by atoms with van der Waals surface area (Å²) < 4.78 is 31.7. The third-order valence-electron chi connectivity index (χ3n) is 3.12. The van der Waals surface area contributed by atoms with Crippen LogP contribution >= 0.6 is 0 Å². The van der Waals surface area contributed by atoms with Gasteiger partial charge in [-0.1, -0.05) is 6.07 Å². The maximum atomic E-state index is 13.2. The molecule has 1 aromatic carbocycles. The van der Waals surface area contributed by atoms with Gasteiger partial charge in [0.05, 0.1) is 18.2 Å². The Kier molecular flexibility index (Phi) is 3.71. The van der Waals surface area contributed by atoms with Gasteiger partial charge in [0.1, 0.15) is 0 Å². The summed E-state index contributed by atoms with van der Waals surface area (Å²) in [6.07, 6.45) is 1.89. The molecule has 3 atom stereocenters. The van der Waals surface area contributed by atoms with Crippen molar-refractivity contribution in [1.29, 1.82) is 0 Å². The molecule has 0 saturated carbocycles. The van der Waals surface area contributed by atoms with Crippen molar-refractivity contribution >= 4 is 0 Å². The van der Waals surface area contributed by atoms with E-state index in [1.807, 2.05) is 6.92 Å². The van der Waals surface area contributed by atoms with Crippen molar-refractivity contribution in [3.8, 4) is 0 Å². The fraction of sp³-hybridized carbons (Fsp3) is 0.500. The molecule has 0 spiro atoms. The number of benzene rings is 1. The van der Waals surface area contributed by atoms with Crippen LogP contribution in [0.3, 0.4) is 0 Å². The van der Waals surface area contributed by atoms with Gasteiger partial charge in [0.25, 0.3) is 0 Å². The first-order valence-electron chi connectivity index (χ1n) is 5.68. The van der Waals surface area contributed by atoms with Crippen LogP contribution in [0, 0.1) is 11.6 Å². The molecule has 0 aromatic heterocycles. The largest absolute Gasteiger partial charge is 0.373 e. The lowest BCUT2D eigenvalue weighted by molar-refractivity contribution is 0.0315. The fourth-order valence-electron chi connectivity index (χ4n) is 2.20. The number of halogens is 2. The normalized spacial score (nSPS) is 26.1. The molecule has 94 valence electrons. The van der Waals surface area contributed by atoms with Crippen molar-refractivity contribution in [1.82, 2.24) is 5.43 Å². The Bertz CT molecular complexity index is 400. The molecule has 17 heavy (non-hydrogen) atoms. The number of hydrazine groups is 1. The lowest BCUT2D eigenvalue weighted by Crippen LogP contribution is -2.36. The molecule has 1 aliphatic rings. The maximum Gasteiger partial charge on any atom is 0.159 e. The van der Waals surface area contributed by atoms with Crippen molar-refractivity contribution in [2.75, 3.05) is 0 Å². The van der Waals surface area contributed by atoms with Crippen LogP contribution in [0.15, 0.2) is 18.2 Å². The molecule has 1 aromatic rings. The van der Waals surface area contributed by atoms with E-state index in [1.54, 1.807) is 0 Å². The number of hydrogen-bond acceptors (Lipinski definition) is 3. The molecule has 1 heterocycles. The zero-order chi connectivity index (χ0) is 12.4. The Morgan fingerprint density at radius 1 is 1.35 bits per heavy atom. The molecule has 3 N–H and O–H groups in total. The SMILES string of the molecule is CC1CCC(C(NN)c2ccc(F)c(F)c2)O1. The first-order valence-corrected chi connectivity index (χ1v) is 5.68. The van der Waals surface area contributed by atoms with Crippen LogP contribution in [-0.4, -0.2) is 12.2 Å². The van der Waals surface area contributed by atoms with Crippen LogP contribution in [0.5, 0.6) is 0 Å². The standard InChI is InChI=1S/C12H16F2N2O/c1-7-2-5-11(17-7)12(16-15)8-3-4-9(13)10(14)6-8/h3-4,6-7,11-12,16H,2,5,15H2,1H3. The van der Waals surface area contributed by atoms with Crippen LogP contribution in [-0.2, 0) is 4.74 Å². The quantitative estimate of drug-likeness (QED) is 0.630. The van der Waals surface area contributed by atoms with Gasteiger partial charge in [0, 0.05) is 0 Å². The zero-order valence-corrected chi connectivity index (χ0v) is 9.62. The van der Waals surface area contributed by atoms with Gasteiger partial charge in [-0.15, -0.1) is 0 Å². The third kappa shape index (κ3) is 2.62. The molecule has 1 aliphatic heterocycles. The first-order chi connectivity index (χ1) is 8.11. The predicted octanol–water partition coefficient (Wildman–Crippen LogP) is 2.04. The Morgan fingerprint density at radius 2 is 2.12 bits per heavy atom. The van der Waals surface area contributed by atoms with Crippen molar-refractivity contribution in [2.45, 2.75) is 38.0 Å². The molecule has 1 fully saturated rings. The number of nitrogens with one attached hydrogen (secondary N) is 1. The molecule has 0 amide bonds. The van der Waals surface area contributed by atoms with Crippen LogP contribution < -0.4 is 11.3 Å². The number of rotatable bonds is 3. The second-order valence-electron chi connectivity index (χ2n) is 4.38. The average molecular weight is 242 g/mol. The van der Waals surface area contributed by atoms with Gasteiger partial charge in [-0.25, -0.2) is 8.78 Å². The summed E-state index contributed by atoms with van der Waals surface area (Å²) in [6.45, 7) is 1.98. The molecule has 3 unspecified atom stereocenters.